The number of piperidine rings is 1. The summed E-state index contributed by atoms with van der Waals surface area (Å²) in [5.74, 6) is 0.813. The van der Waals surface area contributed by atoms with Gasteiger partial charge < -0.3 is 15.3 Å². The highest BCUT2D eigenvalue weighted by molar-refractivity contribution is 5.93. The van der Waals surface area contributed by atoms with Crippen molar-refractivity contribution < 1.29 is 14.7 Å². The molecule has 1 aliphatic heterocycles. The molecule has 1 aromatic heterocycles. The molecule has 6 nitrogen and oxygen atoms in total. The van der Waals surface area contributed by atoms with Gasteiger partial charge in [-0.3, -0.25) is 4.79 Å². The van der Waals surface area contributed by atoms with Gasteiger partial charge in [0, 0.05) is 25.2 Å². The van der Waals surface area contributed by atoms with Crippen molar-refractivity contribution in [1.29, 1.82) is 0 Å². The summed E-state index contributed by atoms with van der Waals surface area (Å²) in [6.45, 7) is 3.24. The smallest absolute Gasteiger partial charge is 0.407 e. The topological polar surface area (TPSA) is 82.5 Å². The Morgan fingerprint density at radius 3 is 2.50 bits per heavy atom. The third-order valence-electron chi connectivity index (χ3n) is 4.80. The van der Waals surface area contributed by atoms with E-state index in [1.165, 1.54) is 4.90 Å². The maximum Gasteiger partial charge on any atom is 0.407 e. The van der Waals surface area contributed by atoms with Crippen LogP contribution < -0.4 is 5.32 Å². The van der Waals surface area contributed by atoms with Crippen molar-refractivity contribution in [2.45, 2.75) is 38.0 Å². The van der Waals surface area contributed by atoms with Crippen LogP contribution in [-0.2, 0) is 10.2 Å². The Morgan fingerprint density at radius 2 is 2.00 bits per heavy atom. The minimum absolute atomic E-state index is 0.0567. The van der Waals surface area contributed by atoms with Crippen molar-refractivity contribution >= 4 is 17.8 Å². The summed E-state index contributed by atoms with van der Waals surface area (Å²) in [5.41, 5.74) is 1.04. The van der Waals surface area contributed by atoms with E-state index >= 15 is 0 Å². The van der Waals surface area contributed by atoms with E-state index in [-0.39, 0.29) is 17.2 Å². The molecule has 118 valence electrons. The Balaban J connectivity index is 1.64. The van der Waals surface area contributed by atoms with E-state index in [0.717, 1.165) is 31.2 Å². The quantitative estimate of drug-likeness (QED) is 0.898. The third kappa shape index (κ3) is 3.05. The predicted molar refractivity (Wildman–Crippen MR) is 81.8 cm³/mol. The average molecular weight is 303 g/mol. The van der Waals surface area contributed by atoms with E-state index in [4.69, 9.17) is 5.11 Å². The second-order valence-corrected chi connectivity index (χ2v) is 6.53. The molecule has 0 spiro atoms. The molecule has 2 amide bonds. The van der Waals surface area contributed by atoms with Gasteiger partial charge >= 0.3 is 6.09 Å². The van der Waals surface area contributed by atoms with Gasteiger partial charge in [0.1, 0.15) is 5.82 Å². The SMILES string of the molecule is CC1(c2ccc(NC(=O)C3CC3)nc2)CCN(C(=O)O)CC1. The zero-order valence-corrected chi connectivity index (χ0v) is 12.7. The number of anilines is 1. The van der Waals surface area contributed by atoms with Crippen LogP contribution in [0.1, 0.15) is 38.2 Å². The van der Waals surface area contributed by atoms with E-state index < -0.39 is 6.09 Å². The molecule has 0 radical (unpaired) electrons. The molecular weight excluding hydrogens is 282 g/mol. The Hall–Kier alpha value is -2.11. The maximum atomic E-state index is 11.7. The van der Waals surface area contributed by atoms with Crippen molar-refractivity contribution in [2.75, 3.05) is 18.4 Å². The molecule has 0 atom stereocenters. The van der Waals surface area contributed by atoms with Gasteiger partial charge in [-0.25, -0.2) is 9.78 Å². The lowest BCUT2D eigenvalue weighted by atomic mass is 9.75. The van der Waals surface area contributed by atoms with Gasteiger partial charge in [0.15, 0.2) is 0 Å². The third-order valence-corrected chi connectivity index (χ3v) is 4.80. The fraction of sp³-hybridized carbons (Fsp3) is 0.562. The molecule has 22 heavy (non-hydrogen) atoms. The van der Waals surface area contributed by atoms with Gasteiger partial charge in [-0.2, -0.15) is 0 Å². The summed E-state index contributed by atoms with van der Waals surface area (Å²) >= 11 is 0. The van der Waals surface area contributed by atoms with Crippen molar-refractivity contribution in [3.8, 4) is 0 Å². The van der Waals surface area contributed by atoms with E-state index in [2.05, 4.69) is 17.2 Å². The van der Waals surface area contributed by atoms with Crippen LogP contribution in [0, 0.1) is 5.92 Å². The number of nitrogens with one attached hydrogen (secondary N) is 1. The van der Waals surface area contributed by atoms with Crippen molar-refractivity contribution in [3.05, 3.63) is 23.9 Å². The zero-order chi connectivity index (χ0) is 15.7. The van der Waals surface area contributed by atoms with Crippen LogP contribution in [-0.4, -0.2) is 40.1 Å². The molecule has 1 saturated heterocycles. The number of amides is 2. The Bertz CT molecular complexity index is 573. The number of likely N-dealkylation sites (tertiary alicyclic amines) is 1. The number of hydrogen-bond acceptors (Lipinski definition) is 3. The minimum Gasteiger partial charge on any atom is -0.465 e. The fourth-order valence-electron chi connectivity index (χ4n) is 2.88. The fourth-order valence-corrected chi connectivity index (χ4v) is 2.88. The molecular formula is C16H21N3O3. The second kappa shape index (κ2) is 5.59. The van der Waals surface area contributed by atoms with Crippen LogP contribution in [0.4, 0.5) is 10.6 Å². The Labute approximate surface area is 129 Å². The number of carbonyl (C=O) groups is 2. The first kappa shape index (κ1) is 14.8. The van der Waals surface area contributed by atoms with Gasteiger partial charge in [0.2, 0.25) is 5.91 Å². The predicted octanol–water partition coefficient (Wildman–Crippen LogP) is 2.46. The van der Waals surface area contributed by atoms with Gasteiger partial charge in [0.25, 0.3) is 0 Å². The van der Waals surface area contributed by atoms with Gasteiger partial charge in [-0.15, -0.1) is 0 Å². The molecule has 1 aliphatic carbocycles. The molecule has 0 unspecified atom stereocenters. The van der Waals surface area contributed by atoms with E-state index in [1.807, 2.05) is 12.1 Å². The molecule has 0 aromatic carbocycles. The highest BCUT2D eigenvalue weighted by Crippen LogP contribution is 2.35. The molecule has 1 saturated carbocycles. The number of pyridine rings is 1. The molecule has 0 bridgehead atoms. The summed E-state index contributed by atoms with van der Waals surface area (Å²) in [6, 6.07) is 3.83. The summed E-state index contributed by atoms with van der Waals surface area (Å²) in [5, 5.41) is 11.9. The van der Waals surface area contributed by atoms with Crippen molar-refractivity contribution in [1.82, 2.24) is 9.88 Å². The normalized spacial score (nSPS) is 20.5. The standard InChI is InChI=1S/C16H21N3O3/c1-16(6-8-19(9-7-16)15(21)22)12-4-5-13(17-10-12)18-14(20)11-2-3-11/h4-5,10-11H,2-3,6-9H2,1H3,(H,21,22)(H,17,18,20). The van der Waals surface area contributed by atoms with Crippen LogP contribution in [0.2, 0.25) is 0 Å². The Kier molecular flexibility index (Phi) is 3.76. The maximum absolute atomic E-state index is 11.7. The molecule has 2 aliphatic rings. The highest BCUT2D eigenvalue weighted by atomic mass is 16.4. The number of carbonyl (C=O) groups excluding carboxylic acids is 1. The second-order valence-electron chi connectivity index (χ2n) is 6.53. The minimum atomic E-state index is -0.849. The molecule has 2 N–H and O–H groups in total. The summed E-state index contributed by atoms with van der Waals surface area (Å²) in [4.78, 5) is 28.5. The highest BCUT2D eigenvalue weighted by Gasteiger charge is 2.34. The van der Waals surface area contributed by atoms with Crippen LogP contribution in [0.25, 0.3) is 0 Å². The van der Waals surface area contributed by atoms with Crippen LogP contribution >= 0.6 is 0 Å². The molecule has 2 heterocycles. The first-order valence-electron chi connectivity index (χ1n) is 7.73. The molecule has 6 heteroatoms. The van der Waals surface area contributed by atoms with Crippen LogP contribution in [0.15, 0.2) is 18.3 Å². The molecule has 1 aromatic rings. The van der Waals surface area contributed by atoms with Crippen molar-refractivity contribution in [2.24, 2.45) is 5.92 Å². The van der Waals surface area contributed by atoms with Crippen LogP contribution in [0.5, 0.6) is 0 Å². The average Bonchev–Trinajstić information content (AvgIpc) is 3.33. The van der Waals surface area contributed by atoms with Crippen molar-refractivity contribution in [3.63, 3.8) is 0 Å². The number of hydrogen-bond donors (Lipinski definition) is 2. The largest absolute Gasteiger partial charge is 0.465 e. The number of rotatable bonds is 3. The first-order valence-corrected chi connectivity index (χ1v) is 7.73. The number of nitrogens with zero attached hydrogens (tertiary/aromatic N) is 2. The van der Waals surface area contributed by atoms with Gasteiger partial charge in [0.05, 0.1) is 0 Å². The summed E-state index contributed by atoms with van der Waals surface area (Å²) < 4.78 is 0. The summed E-state index contributed by atoms with van der Waals surface area (Å²) in [6.07, 6.45) is 4.48. The lowest BCUT2D eigenvalue weighted by Gasteiger charge is -2.38. The lowest BCUT2D eigenvalue weighted by molar-refractivity contribution is -0.117. The van der Waals surface area contributed by atoms with E-state index in [9.17, 15) is 9.59 Å². The van der Waals surface area contributed by atoms with Gasteiger partial charge in [-0.05, 0) is 42.7 Å². The first-order chi connectivity index (χ1) is 10.5. The Morgan fingerprint density at radius 1 is 1.32 bits per heavy atom. The van der Waals surface area contributed by atoms with E-state index in [1.54, 1.807) is 6.20 Å². The number of aromatic nitrogens is 1. The monoisotopic (exact) mass is 303 g/mol. The van der Waals surface area contributed by atoms with Crippen LogP contribution in [0.3, 0.4) is 0 Å². The zero-order valence-electron chi connectivity index (χ0n) is 12.7. The molecule has 3 rings (SSSR count). The number of carboxylic acid groups (broad SMARTS) is 1. The molecule has 2 fully saturated rings. The van der Waals surface area contributed by atoms with Gasteiger partial charge in [-0.1, -0.05) is 13.0 Å². The van der Waals surface area contributed by atoms with E-state index in [0.29, 0.717) is 18.9 Å². The lowest BCUT2D eigenvalue weighted by Crippen LogP contribution is -2.43. The summed E-state index contributed by atoms with van der Waals surface area (Å²) in [7, 11) is 0.